The third-order valence-corrected chi connectivity index (χ3v) is 3.18. The van der Waals surface area contributed by atoms with Crippen LogP contribution in [0.1, 0.15) is 6.42 Å². The van der Waals surface area contributed by atoms with E-state index in [1.165, 1.54) is 0 Å². The molecule has 1 aromatic rings. The molecule has 0 aromatic heterocycles. The van der Waals surface area contributed by atoms with Crippen LogP contribution in [0.15, 0.2) is 33.7 Å². The maximum Gasteiger partial charge on any atom is 0.135 e. The zero-order valence-electron chi connectivity index (χ0n) is 8.52. The molecule has 0 atom stereocenters. The van der Waals surface area contributed by atoms with Crippen molar-refractivity contribution >= 4 is 37.5 Å². The molecule has 0 aliphatic carbocycles. The molecule has 0 heterocycles. The first-order valence-corrected chi connectivity index (χ1v) is 6.15. The first-order chi connectivity index (χ1) is 7.19. The summed E-state index contributed by atoms with van der Waals surface area (Å²) in [7, 11) is 1.65. The van der Waals surface area contributed by atoms with Crippen molar-refractivity contribution in [2.75, 3.05) is 19.0 Å². The van der Waals surface area contributed by atoms with Crippen LogP contribution in [0.3, 0.4) is 0 Å². The number of rotatable bonds is 5. The molecule has 0 amide bonds. The summed E-state index contributed by atoms with van der Waals surface area (Å²) in [6.45, 7) is 4.55. The molecule has 0 bridgehead atoms. The maximum atomic E-state index is 5.22. The first-order valence-electron chi connectivity index (χ1n) is 4.57. The minimum Gasteiger partial charge on any atom is -0.495 e. The molecule has 82 valence electrons. The van der Waals surface area contributed by atoms with Crippen LogP contribution in [0.4, 0.5) is 5.69 Å². The number of benzene rings is 1. The van der Waals surface area contributed by atoms with Crippen molar-refractivity contribution in [1.82, 2.24) is 0 Å². The smallest absolute Gasteiger partial charge is 0.135 e. The molecule has 15 heavy (non-hydrogen) atoms. The van der Waals surface area contributed by atoms with E-state index in [1.54, 1.807) is 7.11 Å². The van der Waals surface area contributed by atoms with Gasteiger partial charge in [0.15, 0.2) is 0 Å². The fourth-order valence-electron chi connectivity index (χ4n) is 1.13. The lowest BCUT2D eigenvalue weighted by molar-refractivity contribution is 0.412. The van der Waals surface area contributed by atoms with Crippen molar-refractivity contribution < 1.29 is 4.74 Å². The predicted molar refractivity (Wildman–Crippen MR) is 71.7 cm³/mol. The number of nitrogens with one attached hydrogen (secondary N) is 1. The van der Waals surface area contributed by atoms with Crippen molar-refractivity contribution in [3.63, 3.8) is 0 Å². The Morgan fingerprint density at radius 1 is 1.40 bits per heavy atom. The van der Waals surface area contributed by atoms with Gasteiger partial charge in [0.25, 0.3) is 0 Å². The van der Waals surface area contributed by atoms with Gasteiger partial charge >= 0.3 is 0 Å². The molecule has 1 N–H and O–H groups in total. The van der Waals surface area contributed by atoms with E-state index in [2.05, 4.69) is 43.8 Å². The number of ether oxygens (including phenoxy) is 1. The molecule has 1 aromatic carbocycles. The summed E-state index contributed by atoms with van der Waals surface area (Å²) in [5.41, 5.74) is 1.02. The zero-order valence-corrected chi connectivity index (χ0v) is 11.7. The van der Waals surface area contributed by atoms with Gasteiger partial charge in [0.1, 0.15) is 5.75 Å². The second-order valence-electron chi connectivity index (χ2n) is 2.97. The van der Waals surface area contributed by atoms with E-state index in [4.69, 9.17) is 4.74 Å². The second-order valence-corrected chi connectivity index (χ2v) is 4.68. The highest BCUT2D eigenvalue weighted by molar-refractivity contribution is 9.11. The monoisotopic (exact) mass is 333 g/mol. The third-order valence-electron chi connectivity index (χ3n) is 1.91. The average molecular weight is 335 g/mol. The quantitative estimate of drug-likeness (QED) is 0.643. The Hall–Kier alpha value is -0.480. The van der Waals surface area contributed by atoms with Crippen molar-refractivity contribution in [2.45, 2.75) is 6.42 Å². The van der Waals surface area contributed by atoms with Gasteiger partial charge in [-0.25, -0.2) is 0 Å². The topological polar surface area (TPSA) is 21.3 Å². The van der Waals surface area contributed by atoms with Gasteiger partial charge in [-0.15, -0.1) is 6.58 Å². The van der Waals surface area contributed by atoms with Crippen LogP contribution < -0.4 is 10.1 Å². The molecule has 0 radical (unpaired) electrons. The number of hydrogen-bond donors (Lipinski definition) is 1. The van der Waals surface area contributed by atoms with Gasteiger partial charge in [-0.3, -0.25) is 0 Å². The van der Waals surface area contributed by atoms with E-state index >= 15 is 0 Å². The highest BCUT2D eigenvalue weighted by atomic mass is 79.9. The summed E-state index contributed by atoms with van der Waals surface area (Å²) in [6, 6.07) is 3.92. The second kappa shape index (κ2) is 6.18. The van der Waals surface area contributed by atoms with Crippen LogP contribution in [0.2, 0.25) is 0 Å². The Kier molecular flexibility index (Phi) is 5.19. The molecule has 0 spiro atoms. The minimum absolute atomic E-state index is 0.819. The van der Waals surface area contributed by atoms with Gasteiger partial charge in [-0.05, 0) is 44.3 Å². The fraction of sp³-hybridized carbons (Fsp3) is 0.273. The number of methoxy groups -OCH3 is 1. The van der Waals surface area contributed by atoms with Crippen molar-refractivity contribution in [1.29, 1.82) is 0 Å². The summed E-state index contributed by atoms with van der Waals surface area (Å²) in [5.74, 6) is 0.819. The van der Waals surface area contributed by atoms with E-state index in [0.29, 0.717) is 0 Å². The minimum atomic E-state index is 0.819. The van der Waals surface area contributed by atoms with Gasteiger partial charge in [-0.2, -0.15) is 0 Å². The van der Waals surface area contributed by atoms with Crippen LogP contribution in [0, 0.1) is 0 Å². The molecule has 4 heteroatoms. The third kappa shape index (κ3) is 3.54. The standard InChI is InChI=1S/C11H13Br2NO/c1-3-4-5-14-10-7-11(15-2)9(13)6-8(10)12/h3,6-7,14H,1,4-5H2,2H3. The average Bonchev–Trinajstić information content (AvgIpc) is 2.21. The lowest BCUT2D eigenvalue weighted by Gasteiger charge is -2.11. The molecule has 0 fully saturated rings. The normalized spacial score (nSPS) is 9.80. The molecule has 0 aliphatic rings. The van der Waals surface area contributed by atoms with E-state index < -0.39 is 0 Å². The lowest BCUT2D eigenvalue weighted by Crippen LogP contribution is -2.01. The Bertz CT molecular complexity index is 353. The van der Waals surface area contributed by atoms with Crippen LogP contribution in [-0.2, 0) is 0 Å². The molecule has 2 nitrogen and oxygen atoms in total. The van der Waals surface area contributed by atoms with Crippen LogP contribution in [-0.4, -0.2) is 13.7 Å². The highest BCUT2D eigenvalue weighted by Crippen LogP contribution is 2.34. The van der Waals surface area contributed by atoms with E-state index in [0.717, 1.165) is 33.3 Å². The van der Waals surface area contributed by atoms with Gasteiger partial charge in [0, 0.05) is 17.1 Å². The van der Waals surface area contributed by atoms with Gasteiger partial charge in [0.05, 0.1) is 17.3 Å². The molecule has 0 unspecified atom stereocenters. The summed E-state index contributed by atoms with van der Waals surface area (Å²) >= 11 is 6.91. The molecule has 1 rings (SSSR count). The SMILES string of the molecule is C=CCCNc1cc(OC)c(Br)cc1Br. The van der Waals surface area contributed by atoms with Crippen LogP contribution in [0.5, 0.6) is 5.75 Å². The number of hydrogen-bond acceptors (Lipinski definition) is 2. The first kappa shape index (κ1) is 12.6. The molecular weight excluding hydrogens is 322 g/mol. The maximum absolute atomic E-state index is 5.22. The molecule has 0 saturated heterocycles. The van der Waals surface area contributed by atoms with E-state index in [1.807, 2.05) is 18.2 Å². The summed E-state index contributed by atoms with van der Waals surface area (Å²) in [4.78, 5) is 0. The Morgan fingerprint density at radius 2 is 2.13 bits per heavy atom. The fourth-order valence-corrected chi connectivity index (χ4v) is 2.43. The zero-order chi connectivity index (χ0) is 11.3. The van der Waals surface area contributed by atoms with Crippen molar-refractivity contribution in [3.8, 4) is 5.75 Å². The van der Waals surface area contributed by atoms with E-state index in [9.17, 15) is 0 Å². The highest BCUT2D eigenvalue weighted by Gasteiger charge is 2.06. The van der Waals surface area contributed by atoms with Gasteiger partial charge in [-0.1, -0.05) is 6.08 Å². The number of anilines is 1. The molecule has 0 saturated carbocycles. The Morgan fingerprint density at radius 3 is 2.73 bits per heavy atom. The molecule has 0 aliphatic heterocycles. The Balaban J connectivity index is 2.82. The van der Waals surface area contributed by atoms with Gasteiger partial charge in [0.2, 0.25) is 0 Å². The lowest BCUT2D eigenvalue weighted by atomic mass is 10.3. The van der Waals surface area contributed by atoms with Crippen LogP contribution >= 0.6 is 31.9 Å². The van der Waals surface area contributed by atoms with E-state index in [-0.39, 0.29) is 0 Å². The van der Waals surface area contributed by atoms with Gasteiger partial charge < -0.3 is 10.1 Å². The van der Waals surface area contributed by atoms with Crippen LogP contribution in [0.25, 0.3) is 0 Å². The Labute approximate surface area is 107 Å². The largest absolute Gasteiger partial charge is 0.495 e. The summed E-state index contributed by atoms with van der Waals surface area (Å²) in [5, 5.41) is 3.30. The summed E-state index contributed by atoms with van der Waals surface area (Å²) in [6.07, 6.45) is 2.82. The van der Waals surface area contributed by atoms with Crippen molar-refractivity contribution in [2.24, 2.45) is 0 Å². The predicted octanol–water partition coefficient (Wildman–Crippen LogP) is 4.21. The molecular formula is C11H13Br2NO. The number of halogens is 2. The van der Waals surface area contributed by atoms with Crippen molar-refractivity contribution in [3.05, 3.63) is 33.7 Å². The summed E-state index contributed by atoms with van der Waals surface area (Å²) < 4.78 is 7.17.